The Hall–Kier alpha value is -1.75. The molecule has 1 aromatic rings. The van der Waals surface area contributed by atoms with Gasteiger partial charge in [0, 0.05) is 6.54 Å². The first-order valence-electron chi connectivity index (χ1n) is 8.50. The molecule has 0 aliphatic carbocycles. The van der Waals surface area contributed by atoms with E-state index in [0.717, 1.165) is 24.8 Å². The third-order valence-corrected chi connectivity index (χ3v) is 4.01. The Morgan fingerprint density at radius 1 is 1.26 bits per heavy atom. The number of carbonyl (C=O) groups excluding carboxylic acids is 1. The van der Waals surface area contributed by atoms with Crippen LogP contribution in [0.15, 0.2) is 12.1 Å². The molecule has 128 valence electrons. The molecule has 0 bridgehead atoms. The lowest BCUT2D eigenvalue weighted by atomic mass is 10.1. The van der Waals surface area contributed by atoms with E-state index in [0.29, 0.717) is 30.3 Å². The van der Waals surface area contributed by atoms with E-state index in [1.807, 2.05) is 13.0 Å². The van der Waals surface area contributed by atoms with Gasteiger partial charge >= 0.3 is 0 Å². The summed E-state index contributed by atoms with van der Waals surface area (Å²) in [6.45, 7) is 6.90. The second-order valence-electron chi connectivity index (χ2n) is 5.84. The van der Waals surface area contributed by atoms with Gasteiger partial charge in [0.2, 0.25) is 0 Å². The molecule has 0 saturated heterocycles. The van der Waals surface area contributed by atoms with Crippen LogP contribution in [-0.2, 0) is 11.4 Å². The molecule has 23 heavy (non-hydrogen) atoms. The smallest absolute Gasteiger partial charge is 0.267 e. The van der Waals surface area contributed by atoms with Crippen molar-refractivity contribution in [3.8, 4) is 11.5 Å². The van der Waals surface area contributed by atoms with Crippen LogP contribution >= 0.6 is 0 Å². The maximum absolute atomic E-state index is 12.5. The van der Waals surface area contributed by atoms with Gasteiger partial charge < -0.3 is 19.5 Å². The zero-order chi connectivity index (χ0) is 16.8. The maximum atomic E-state index is 12.5. The second kappa shape index (κ2) is 8.20. The van der Waals surface area contributed by atoms with Crippen LogP contribution in [0.2, 0.25) is 0 Å². The minimum atomic E-state index is -0.521. The fraction of sp³-hybridized carbons (Fsp3) is 0.611. The molecule has 0 aromatic heterocycles. The molecule has 1 atom stereocenters. The van der Waals surface area contributed by atoms with Crippen molar-refractivity contribution in [2.45, 2.75) is 59.2 Å². The van der Waals surface area contributed by atoms with Crippen molar-refractivity contribution >= 4 is 11.6 Å². The van der Waals surface area contributed by atoms with E-state index in [1.54, 1.807) is 17.9 Å². The van der Waals surface area contributed by atoms with Gasteiger partial charge in [-0.05, 0) is 38.0 Å². The van der Waals surface area contributed by atoms with Crippen LogP contribution in [0.5, 0.6) is 11.5 Å². The molecule has 5 nitrogen and oxygen atoms in total. The summed E-state index contributed by atoms with van der Waals surface area (Å²) in [6, 6.07) is 3.60. The van der Waals surface area contributed by atoms with Gasteiger partial charge in [-0.3, -0.25) is 4.79 Å². The number of carbonyl (C=O) groups is 1. The fourth-order valence-electron chi connectivity index (χ4n) is 2.81. The van der Waals surface area contributed by atoms with Crippen molar-refractivity contribution in [2.75, 3.05) is 18.1 Å². The predicted octanol–water partition coefficient (Wildman–Crippen LogP) is 3.27. The van der Waals surface area contributed by atoms with Gasteiger partial charge in [0.15, 0.2) is 17.6 Å². The van der Waals surface area contributed by atoms with Crippen LogP contribution in [-0.4, -0.2) is 30.3 Å². The topological polar surface area (TPSA) is 59.0 Å². The van der Waals surface area contributed by atoms with E-state index in [2.05, 4.69) is 6.92 Å². The number of fused-ring (bicyclic) bond motifs is 1. The number of aliphatic hydroxyl groups excluding tert-OH is 1. The molecule has 1 aromatic carbocycles. The monoisotopic (exact) mass is 321 g/mol. The molecule has 0 radical (unpaired) electrons. The molecule has 1 amide bonds. The number of benzene rings is 1. The number of nitrogens with zero attached hydrogens (tertiary/aromatic N) is 1. The van der Waals surface area contributed by atoms with Crippen LogP contribution in [0.1, 0.15) is 52.0 Å². The van der Waals surface area contributed by atoms with Gasteiger partial charge in [-0.25, -0.2) is 0 Å². The zero-order valence-electron chi connectivity index (χ0n) is 14.3. The summed E-state index contributed by atoms with van der Waals surface area (Å²) >= 11 is 0. The van der Waals surface area contributed by atoms with E-state index in [9.17, 15) is 9.90 Å². The molecular weight excluding hydrogens is 294 g/mol. The van der Waals surface area contributed by atoms with E-state index in [1.165, 1.54) is 6.42 Å². The number of anilines is 1. The number of unbranched alkanes of at least 4 members (excludes halogenated alkanes) is 3. The highest BCUT2D eigenvalue weighted by Gasteiger charge is 2.33. The Kier molecular flexibility index (Phi) is 6.28. The van der Waals surface area contributed by atoms with E-state index < -0.39 is 6.10 Å². The zero-order valence-corrected chi connectivity index (χ0v) is 14.3. The summed E-state index contributed by atoms with van der Waals surface area (Å²) in [6.07, 6.45) is 3.87. The van der Waals surface area contributed by atoms with Gasteiger partial charge in [-0.15, -0.1) is 0 Å². The number of rotatable bonds is 8. The van der Waals surface area contributed by atoms with Crippen molar-refractivity contribution in [2.24, 2.45) is 0 Å². The van der Waals surface area contributed by atoms with Gasteiger partial charge in [0.25, 0.3) is 5.91 Å². The highest BCUT2D eigenvalue weighted by molar-refractivity contribution is 6.00. The molecule has 1 aliphatic rings. The highest BCUT2D eigenvalue weighted by Crippen LogP contribution is 2.43. The second-order valence-corrected chi connectivity index (χ2v) is 5.84. The maximum Gasteiger partial charge on any atom is 0.267 e. The lowest BCUT2D eigenvalue weighted by Gasteiger charge is -2.34. The molecule has 0 saturated carbocycles. The van der Waals surface area contributed by atoms with Crippen LogP contribution in [0.4, 0.5) is 5.69 Å². The van der Waals surface area contributed by atoms with Crippen molar-refractivity contribution < 1.29 is 19.4 Å². The molecule has 1 aliphatic heterocycles. The molecule has 0 spiro atoms. The largest absolute Gasteiger partial charge is 0.490 e. The summed E-state index contributed by atoms with van der Waals surface area (Å²) in [5.41, 5.74) is 1.43. The Morgan fingerprint density at radius 3 is 2.70 bits per heavy atom. The molecule has 1 heterocycles. The number of aliphatic hydroxyl groups is 1. The summed E-state index contributed by atoms with van der Waals surface area (Å²) < 4.78 is 11.4. The Bertz CT molecular complexity index is 544. The lowest BCUT2D eigenvalue weighted by Crippen LogP contribution is -2.45. The van der Waals surface area contributed by atoms with Crippen molar-refractivity contribution in [1.29, 1.82) is 0 Å². The molecule has 2 rings (SSSR count). The van der Waals surface area contributed by atoms with Crippen LogP contribution < -0.4 is 14.4 Å². The third kappa shape index (κ3) is 3.96. The molecule has 1 unspecified atom stereocenters. The van der Waals surface area contributed by atoms with Crippen molar-refractivity contribution in [3.05, 3.63) is 17.7 Å². The Balaban J connectivity index is 2.33. The Labute approximate surface area is 138 Å². The van der Waals surface area contributed by atoms with Crippen molar-refractivity contribution in [1.82, 2.24) is 0 Å². The standard InChI is InChI=1S/C18H27NO4/c1-4-6-7-8-9-19-15-10-14(12-20)11-16(22-5-2)17(15)23-13(3)18(19)21/h10-11,13,20H,4-9,12H2,1-3H3. The summed E-state index contributed by atoms with van der Waals surface area (Å²) in [4.78, 5) is 14.3. The summed E-state index contributed by atoms with van der Waals surface area (Å²) in [5, 5.41) is 9.48. The average Bonchev–Trinajstić information content (AvgIpc) is 2.55. The van der Waals surface area contributed by atoms with Gasteiger partial charge in [-0.1, -0.05) is 26.2 Å². The Morgan fingerprint density at radius 2 is 2.04 bits per heavy atom. The molecule has 1 N–H and O–H groups in total. The molecule has 5 heteroatoms. The molecule has 0 fully saturated rings. The quantitative estimate of drug-likeness (QED) is 0.747. The SMILES string of the molecule is CCCCCCN1C(=O)C(C)Oc2c(OCC)cc(CO)cc21. The summed E-state index contributed by atoms with van der Waals surface area (Å²) in [7, 11) is 0. The average molecular weight is 321 g/mol. The van der Waals surface area contributed by atoms with Crippen LogP contribution in [0, 0.1) is 0 Å². The van der Waals surface area contributed by atoms with Crippen molar-refractivity contribution in [3.63, 3.8) is 0 Å². The highest BCUT2D eigenvalue weighted by atomic mass is 16.5. The predicted molar refractivity (Wildman–Crippen MR) is 90.1 cm³/mol. The fourth-order valence-corrected chi connectivity index (χ4v) is 2.81. The number of hydrogen-bond acceptors (Lipinski definition) is 4. The molecular formula is C18H27NO4. The van der Waals surface area contributed by atoms with Crippen LogP contribution in [0.3, 0.4) is 0 Å². The third-order valence-electron chi connectivity index (χ3n) is 4.01. The normalized spacial score (nSPS) is 17.0. The number of ether oxygens (including phenoxy) is 2. The minimum absolute atomic E-state index is 0.0356. The van der Waals surface area contributed by atoms with Crippen LogP contribution in [0.25, 0.3) is 0 Å². The van der Waals surface area contributed by atoms with E-state index >= 15 is 0 Å². The van der Waals surface area contributed by atoms with Gasteiger partial charge in [-0.2, -0.15) is 0 Å². The number of hydrogen-bond donors (Lipinski definition) is 1. The van der Waals surface area contributed by atoms with Gasteiger partial charge in [0.1, 0.15) is 0 Å². The minimum Gasteiger partial charge on any atom is -0.490 e. The van der Waals surface area contributed by atoms with Gasteiger partial charge in [0.05, 0.1) is 18.9 Å². The number of amides is 1. The lowest BCUT2D eigenvalue weighted by molar-refractivity contribution is -0.125. The first-order valence-corrected chi connectivity index (χ1v) is 8.50. The summed E-state index contributed by atoms with van der Waals surface area (Å²) in [5.74, 6) is 1.16. The first-order chi connectivity index (χ1) is 11.1. The first kappa shape index (κ1) is 17.6. The van der Waals surface area contributed by atoms with E-state index in [4.69, 9.17) is 9.47 Å². The van der Waals surface area contributed by atoms with E-state index in [-0.39, 0.29) is 12.5 Å².